The fourth-order valence-electron chi connectivity index (χ4n) is 5.93. The lowest BCUT2D eigenvalue weighted by Gasteiger charge is -2.34. The second kappa shape index (κ2) is 12.5. The second-order valence-electron chi connectivity index (χ2n) is 10.9. The van der Waals surface area contributed by atoms with Crippen LogP contribution in [0, 0.1) is 19.8 Å². The van der Waals surface area contributed by atoms with Gasteiger partial charge in [-0.1, -0.05) is 86.7 Å². The number of carbonyl (C=O) groups is 1. The van der Waals surface area contributed by atoms with Crippen LogP contribution in [0.1, 0.15) is 73.4 Å². The van der Waals surface area contributed by atoms with Crippen molar-refractivity contribution in [2.45, 2.75) is 71.8 Å². The Morgan fingerprint density at radius 1 is 0.974 bits per heavy atom. The first-order valence-electron chi connectivity index (χ1n) is 14.0. The monoisotopic (exact) mass is 526 g/mol. The molecule has 0 aliphatic carbocycles. The van der Waals surface area contributed by atoms with Gasteiger partial charge < -0.3 is 5.11 Å². The molecule has 38 heavy (non-hydrogen) atoms. The van der Waals surface area contributed by atoms with Crippen molar-refractivity contribution in [1.29, 1.82) is 0 Å². The summed E-state index contributed by atoms with van der Waals surface area (Å²) in [7, 11) is 0. The Morgan fingerprint density at radius 3 is 2.21 bits per heavy atom. The van der Waals surface area contributed by atoms with E-state index in [0.717, 1.165) is 36.3 Å². The lowest BCUT2D eigenvalue weighted by Crippen LogP contribution is -2.26. The molecule has 1 aliphatic heterocycles. The normalized spacial score (nSPS) is 18.2. The summed E-state index contributed by atoms with van der Waals surface area (Å²) in [6, 6.07) is 22.3. The van der Waals surface area contributed by atoms with E-state index in [1.807, 2.05) is 11.8 Å². The summed E-state index contributed by atoms with van der Waals surface area (Å²) in [5.41, 5.74) is 9.96. The van der Waals surface area contributed by atoms with Gasteiger partial charge in [0.25, 0.3) is 0 Å². The van der Waals surface area contributed by atoms with Crippen LogP contribution in [-0.2, 0) is 16.6 Å². The highest BCUT2D eigenvalue weighted by atomic mass is 32.2. The van der Waals surface area contributed by atoms with Crippen molar-refractivity contribution >= 4 is 23.6 Å². The highest BCUT2D eigenvalue weighted by Gasteiger charge is 2.31. The average molecular weight is 527 g/mol. The van der Waals surface area contributed by atoms with Gasteiger partial charge in [0.15, 0.2) is 0 Å². The van der Waals surface area contributed by atoms with Crippen molar-refractivity contribution in [1.82, 2.24) is 0 Å². The number of rotatable bonds is 9. The van der Waals surface area contributed by atoms with E-state index >= 15 is 0 Å². The molecule has 0 amide bonds. The Morgan fingerprint density at radius 2 is 1.63 bits per heavy atom. The van der Waals surface area contributed by atoms with E-state index in [2.05, 4.69) is 101 Å². The Kier molecular flexibility index (Phi) is 9.33. The van der Waals surface area contributed by atoms with Gasteiger partial charge in [0.1, 0.15) is 5.78 Å². The van der Waals surface area contributed by atoms with E-state index in [4.69, 9.17) is 0 Å². The van der Waals surface area contributed by atoms with Crippen LogP contribution in [0.5, 0.6) is 0 Å². The molecule has 2 atom stereocenters. The average Bonchev–Trinajstić information content (AvgIpc) is 2.90. The van der Waals surface area contributed by atoms with Crippen LogP contribution >= 0.6 is 11.8 Å². The number of benzene rings is 3. The number of aryl methyl sites for hydroxylation is 2. The number of thioether (sulfide) groups is 1. The number of aliphatic hydroxyl groups is 1. The summed E-state index contributed by atoms with van der Waals surface area (Å²) < 4.78 is 0. The van der Waals surface area contributed by atoms with Crippen LogP contribution in [0.4, 0.5) is 0 Å². The molecule has 0 bridgehead atoms. The molecular weight excluding hydrogens is 484 g/mol. The van der Waals surface area contributed by atoms with E-state index in [-0.39, 0.29) is 23.2 Å². The lowest BCUT2D eigenvalue weighted by molar-refractivity contribution is -0.116. The van der Waals surface area contributed by atoms with Crippen molar-refractivity contribution in [2.75, 3.05) is 11.5 Å². The molecule has 2 unspecified atom stereocenters. The zero-order chi connectivity index (χ0) is 27.3. The van der Waals surface area contributed by atoms with Gasteiger partial charge in [-0.3, -0.25) is 4.79 Å². The smallest absolute Gasteiger partial charge is 0.134 e. The highest BCUT2D eigenvalue weighted by Crippen LogP contribution is 2.41. The Balaban J connectivity index is 1.61. The molecule has 0 aromatic heterocycles. The van der Waals surface area contributed by atoms with E-state index < -0.39 is 0 Å². The molecule has 4 rings (SSSR count). The van der Waals surface area contributed by atoms with Crippen LogP contribution < -0.4 is 0 Å². The summed E-state index contributed by atoms with van der Waals surface area (Å²) in [5.74, 6) is 2.49. The molecule has 3 heteroatoms. The zero-order valence-electron chi connectivity index (χ0n) is 23.6. The van der Waals surface area contributed by atoms with Gasteiger partial charge in [-0.2, -0.15) is 11.8 Å². The molecular formula is C35H42O2S. The third-order valence-corrected chi connectivity index (χ3v) is 9.56. The van der Waals surface area contributed by atoms with Crippen molar-refractivity contribution in [3.05, 3.63) is 100 Å². The number of carbonyl (C=O) groups excluding carboxylic acids is 1. The van der Waals surface area contributed by atoms with Gasteiger partial charge in [0.05, 0.1) is 6.10 Å². The van der Waals surface area contributed by atoms with Crippen molar-refractivity contribution in [3.8, 4) is 11.1 Å². The minimum atomic E-state index is -0.218. The summed E-state index contributed by atoms with van der Waals surface area (Å²) in [4.78, 5) is 11.5. The molecule has 0 radical (unpaired) electrons. The number of hydrogen-bond donors (Lipinski definition) is 1. The minimum absolute atomic E-state index is 0.0438. The standard InChI is InChI=1S/C35H42O2S/c1-6-35(7-2,31-15-14-28(24(3)20-31)12-13-30-23-38-19-18-34(30)37)32-16-17-33(25(4)21-32)29-10-8-27(9-11-29)22-26(5)36/h8-17,20-21,30,34,37H,6-7,18-19,22-23H2,1-5H3/b13-12+. The van der Waals surface area contributed by atoms with Gasteiger partial charge in [-0.15, -0.1) is 0 Å². The predicted molar refractivity (Wildman–Crippen MR) is 164 cm³/mol. The van der Waals surface area contributed by atoms with Gasteiger partial charge >= 0.3 is 0 Å². The fourth-order valence-corrected chi connectivity index (χ4v) is 7.11. The maximum absolute atomic E-state index is 11.5. The summed E-state index contributed by atoms with van der Waals surface area (Å²) in [5, 5.41) is 10.3. The maximum Gasteiger partial charge on any atom is 0.134 e. The summed E-state index contributed by atoms with van der Waals surface area (Å²) in [6.45, 7) is 10.6. The van der Waals surface area contributed by atoms with E-state index in [9.17, 15) is 9.90 Å². The number of aliphatic hydroxyl groups excluding tert-OH is 1. The Bertz CT molecular complexity index is 1280. The predicted octanol–water partition coefficient (Wildman–Crippen LogP) is 8.34. The molecule has 0 spiro atoms. The highest BCUT2D eigenvalue weighted by molar-refractivity contribution is 7.99. The van der Waals surface area contributed by atoms with Crippen LogP contribution in [0.3, 0.4) is 0 Å². The Labute approximate surface area is 233 Å². The maximum atomic E-state index is 11.5. The van der Waals surface area contributed by atoms with Crippen LogP contribution in [0.25, 0.3) is 17.2 Å². The largest absolute Gasteiger partial charge is 0.392 e. The quantitative estimate of drug-likeness (QED) is 0.304. The SMILES string of the molecule is CCC(CC)(c1ccc(/C=C/C2CSCCC2O)c(C)c1)c1ccc(-c2ccc(CC(C)=O)cc2)c(C)c1. The second-order valence-corrected chi connectivity index (χ2v) is 12.1. The molecule has 1 fully saturated rings. The molecule has 3 aromatic rings. The molecule has 2 nitrogen and oxygen atoms in total. The third kappa shape index (κ3) is 6.16. The first-order valence-corrected chi connectivity index (χ1v) is 15.2. The van der Waals surface area contributed by atoms with Gasteiger partial charge in [0, 0.05) is 23.5 Å². The molecule has 1 saturated heterocycles. The van der Waals surface area contributed by atoms with Crippen LogP contribution in [0.2, 0.25) is 0 Å². The molecule has 0 saturated carbocycles. The third-order valence-electron chi connectivity index (χ3n) is 8.41. The summed E-state index contributed by atoms with van der Waals surface area (Å²) >= 11 is 1.94. The van der Waals surface area contributed by atoms with Crippen molar-refractivity contribution in [3.63, 3.8) is 0 Å². The Hall–Kier alpha value is -2.62. The summed E-state index contributed by atoms with van der Waals surface area (Å²) in [6.07, 6.45) is 7.63. The van der Waals surface area contributed by atoms with Gasteiger partial charge in [-0.05, 0) is 90.3 Å². The first-order chi connectivity index (χ1) is 18.3. The van der Waals surface area contributed by atoms with Crippen LogP contribution in [-0.4, -0.2) is 28.5 Å². The van der Waals surface area contributed by atoms with Crippen molar-refractivity contribution in [2.24, 2.45) is 5.92 Å². The zero-order valence-corrected chi connectivity index (χ0v) is 24.4. The number of hydrogen-bond acceptors (Lipinski definition) is 3. The topological polar surface area (TPSA) is 37.3 Å². The molecule has 200 valence electrons. The molecule has 1 N–H and O–H groups in total. The van der Waals surface area contributed by atoms with Gasteiger partial charge in [-0.25, -0.2) is 0 Å². The minimum Gasteiger partial charge on any atom is -0.392 e. The molecule has 1 aliphatic rings. The molecule has 3 aromatic carbocycles. The number of ketones is 1. The molecule has 1 heterocycles. The van der Waals surface area contributed by atoms with E-state index in [1.54, 1.807) is 6.92 Å². The van der Waals surface area contributed by atoms with Crippen molar-refractivity contribution < 1.29 is 9.90 Å². The first kappa shape index (κ1) is 28.4. The van der Waals surface area contributed by atoms with Crippen LogP contribution in [0.15, 0.2) is 66.7 Å². The lowest BCUT2D eigenvalue weighted by atomic mass is 9.69. The van der Waals surface area contributed by atoms with Gasteiger partial charge in [0.2, 0.25) is 0 Å². The fraction of sp³-hybridized carbons (Fsp3) is 0.400. The number of Topliss-reactive ketones (excluding diaryl/α,β-unsaturated/α-hetero) is 1. The van der Waals surface area contributed by atoms with E-state index in [1.165, 1.54) is 38.9 Å². The van der Waals surface area contributed by atoms with E-state index in [0.29, 0.717) is 6.42 Å².